The largest absolute Gasteiger partial charge is 0.507 e. The van der Waals surface area contributed by atoms with Crippen molar-refractivity contribution in [2.45, 2.75) is 162 Å². The number of carbonyl (C=O) groups is 10. The number of nitrogens with one attached hydrogen (secondary N) is 6. The molecular formula is C75H92N10O19S. The fourth-order valence-electron chi connectivity index (χ4n) is 13.7. The maximum absolute atomic E-state index is 15.3. The molecule has 562 valence electrons. The van der Waals surface area contributed by atoms with Crippen LogP contribution in [-0.2, 0) is 59.0 Å². The number of esters is 1. The average molecular weight is 1470 g/mol. The summed E-state index contributed by atoms with van der Waals surface area (Å²) in [5, 5.41) is 63.6. The number of ketones is 1. The molecule has 5 aliphatic heterocycles. The van der Waals surface area contributed by atoms with Crippen molar-refractivity contribution in [1.29, 1.82) is 0 Å². The number of aliphatic hydroxyl groups excluding tert-OH is 2. The second-order valence-corrected chi connectivity index (χ2v) is 28.8. The summed E-state index contributed by atoms with van der Waals surface area (Å²) in [6.45, 7) is 16.1. The first kappa shape index (κ1) is 78.8. The Hall–Kier alpha value is -10.3. The van der Waals surface area contributed by atoms with Crippen LogP contribution in [-0.4, -0.2) is 177 Å². The van der Waals surface area contributed by atoms with Crippen LogP contribution in [0.4, 0.5) is 16.2 Å². The van der Waals surface area contributed by atoms with Crippen LogP contribution in [0.15, 0.2) is 95.6 Å². The number of nitrogens with zero attached hydrogens (tertiary/aromatic N) is 3. The first-order valence-corrected chi connectivity index (χ1v) is 35.7. The molecule has 0 radical (unpaired) electrons. The van der Waals surface area contributed by atoms with Crippen LogP contribution in [0.3, 0.4) is 0 Å². The standard InChI is InChI=1S/C75H92N10O19S/c1-36(2)58(81-52(88)26-31-85-53(89)22-23-54(85)90)73(99)79-47(21-16-28-77-74(76)100)71(97)80-48(33-44-19-13-12-14-20-44)72(98)78-45-24-29-84(30-25-45)46-34-49(87)59-51(35-46)105-68-60(82-59)55-56-64(93)42(8)67-57(55)69(95)75(10,104-67)102-32-27-50(101-11)39(5)66(103-43(9)86)41(7)63(92)40(6)62(91)37(3)17-15-18-38(4)70(96)83-61(68)65(56)94/h12-15,17-20,22-23,27,32,34-37,39-41,45,47-48,50,58,62-63,66,87,91-93H,16,21,24-26,28-31,33H2,1-11H3,(H,78,98)(H,79,99)(H,80,97)(H,81,88)(H,83,96)(H3,76,77,100)/b17-15+,32-27+,38-18-/t37-,39+,40+,41+,47-,48-,50-,58-,62-,63+,66+,75-/m0/s1. The van der Waals surface area contributed by atoms with Crippen molar-refractivity contribution in [3.8, 4) is 27.8 Å². The van der Waals surface area contributed by atoms with Gasteiger partial charge in [-0.25, -0.2) is 9.78 Å². The molecule has 12 N–H and O–H groups in total. The molecule has 1 aliphatic carbocycles. The number of methoxy groups -OCH3 is 1. The summed E-state index contributed by atoms with van der Waals surface area (Å²) in [6.07, 6.45) is 5.86. The van der Waals surface area contributed by atoms with Crippen LogP contribution in [0, 0.1) is 36.5 Å². The molecule has 0 saturated carbocycles. The third-order valence-corrected chi connectivity index (χ3v) is 21.0. The average Bonchev–Trinajstić information content (AvgIpc) is 1.69. The van der Waals surface area contributed by atoms with Gasteiger partial charge in [0, 0.05) is 130 Å². The number of aromatic hydroxyl groups is 2. The molecule has 6 aliphatic rings. The number of aromatic nitrogens is 1. The summed E-state index contributed by atoms with van der Waals surface area (Å²) < 4.78 is 24.5. The second-order valence-electron chi connectivity index (χ2n) is 27.8. The number of primary amides is 1. The second kappa shape index (κ2) is 33.6. The highest BCUT2D eigenvalue weighted by atomic mass is 32.1. The Kier molecular flexibility index (Phi) is 25.3. The number of phenolic OH excluding ortho intramolecular Hbond substituents is 2. The molecule has 1 fully saturated rings. The van der Waals surface area contributed by atoms with E-state index in [4.69, 9.17) is 29.7 Å². The third kappa shape index (κ3) is 17.7. The van der Waals surface area contributed by atoms with Crippen molar-refractivity contribution < 1.29 is 87.3 Å². The molecule has 0 spiro atoms. The fourth-order valence-corrected chi connectivity index (χ4v) is 14.8. The summed E-state index contributed by atoms with van der Waals surface area (Å²) in [5.41, 5.74) is 5.16. The van der Waals surface area contributed by atoms with E-state index in [1.54, 1.807) is 90.1 Å². The molecule has 4 bridgehead atoms. The van der Waals surface area contributed by atoms with Gasteiger partial charge in [0.25, 0.3) is 23.5 Å². The number of hydrogen-bond donors (Lipinski definition) is 11. The molecule has 0 aromatic heterocycles. The highest BCUT2D eigenvalue weighted by molar-refractivity contribution is 7.22. The first-order chi connectivity index (χ1) is 49.7. The molecular weight excluding hydrogens is 1380 g/mol. The molecule has 9 rings (SSSR count). The van der Waals surface area contributed by atoms with Crippen molar-refractivity contribution in [2.75, 3.05) is 43.5 Å². The van der Waals surface area contributed by atoms with E-state index in [9.17, 15) is 63.6 Å². The van der Waals surface area contributed by atoms with Gasteiger partial charge in [0.1, 0.15) is 52.7 Å². The van der Waals surface area contributed by atoms with Crippen LogP contribution in [0.2, 0.25) is 0 Å². The molecule has 105 heavy (non-hydrogen) atoms. The number of phenols is 2. The smallest absolute Gasteiger partial charge is 0.312 e. The minimum absolute atomic E-state index is 0.0176. The Bertz CT molecular complexity index is 4340. The van der Waals surface area contributed by atoms with Gasteiger partial charge in [0.05, 0.1) is 50.8 Å². The molecule has 30 heteroatoms. The van der Waals surface area contributed by atoms with E-state index in [0.29, 0.717) is 41.9 Å². The quantitative estimate of drug-likeness (QED) is 0.0154. The van der Waals surface area contributed by atoms with Crippen LogP contribution >= 0.6 is 11.3 Å². The lowest BCUT2D eigenvalue weighted by molar-refractivity contribution is -0.160. The van der Waals surface area contributed by atoms with Gasteiger partial charge >= 0.3 is 17.8 Å². The summed E-state index contributed by atoms with van der Waals surface area (Å²) in [7, 11) is 1.41. The normalized spacial score (nSPS) is 24.5. The minimum Gasteiger partial charge on any atom is -0.507 e. The lowest BCUT2D eigenvalue weighted by atomic mass is 9.78. The van der Waals surface area contributed by atoms with E-state index in [2.05, 4.69) is 31.9 Å². The van der Waals surface area contributed by atoms with Crippen molar-refractivity contribution in [3.05, 3.63) is 118 Å². The summed E-state index contributed by atoms with van der Waals surface area (Å²) >= 11 is 0.969. The lowest BCUT2D eigenvalue weighted by Crippen LogP contribution is -2.59. The molecule has 9 amide bonds. The van der Waals surface area contributed by atoms with E-state index in [1.165, 1.54) is 59.3 Å². The van der Waals surface area contributed by atoms with Gasteiger partial charge in [0.15, 0.2) is 0 Å². The van der Waals surface area contributed by atoms with Gasteiger partial charge in [-0.3, -0.25) is 52.8 Å². The van der Waals surface area contributed by atoms with E-state index in [0.717, 1.165) is 28.4 Å². The van der Waals surface area contributed by atoms with Gasteiger partial charge in [-0.15, -0.1) is 11.3 Å². The van der Waals surface area contributed by atoms with Crippen LogP contribution in [0.1, 0.15) is 116 Å². The van der Waals surface area contributed by atoms with Crippen LogP contribution in [0.5, 0.6) is 17.2 Å². The zero-order valence-electron chi connectivity index (χ0n) is 60.4. The molecule has 1 saturated heterocycles. The van der Waals surface area contributed by atoms with Crippen LogP contribution < -0.4 is 52.7 Å². The Balaban J connectivity index is 1.00. The number of imide groups is 1. The Labute approximate surface area is 610 Å². The highest BCUT2D eigenvalue weighted by Gasteiger charge is 2.50. The Morgan fingerprint density at radius 1 is 0.857 bits per heavy atom. The summed E-state index contributed by atoms with van der Waals surface area (Å²) in [6, 6.07) is 7.23. The van der Waals surface area contributed by atoms with E-state index in [-0.39, 0.29) is 99.5 Å². The Morgan fingerprint density at radius 3 is 2.18 bits per heavy atom. The zero-order valence-corrected chi connectivity index (χ0v) is 61.2. The number of anilines is 2. The van der Waals surface area contributed by atoms with E-state index in [1.807, 2.05) is 4.90 Å². The number of hydrogen-bond acceptors (Lipinski definition) is 22. The van der Waals surface area contributed by atoms with Crippen molar-refractivity contribution in [1.82, 2.24) is 36.5 Å². The highest BCUT2D eigenvalue weighted by Crippen LogP contribution is 2.52. The first-order valence-electron chi connectivity index (χ1n) is 34.9. The third-order valence-electron chi connectivity index (χ3n) is 19.9. The number of nitrogens with two attached hydrogens (primary N) is 1. The fraction of sp³-hybridized carbons (Fsp3) is 0.467. The lowest BCUT2D eigenvalue weighted by Gasteiger charge is -2.38. The molecule has 0 unspecified atom stereocenters. The number of carbonyl (C=O) groups excluding carboxylic acids is 10. The van der Waals surface area contributed by atoms with Crippen molar-refractivity contribution in [2.24, 2.45) is 35.3 Å². The molecule has 3 aromatic rings. The SMILES string of the molecule is CO[C@H]1/C=C/O[C@@]2(C)Oc3c(C)c(O)c4c(=O)c(c5sc6cc(N7CCC(NC(=O)[C@H](Cc8ccccc8)NC(=O)[C@H](CCCNC(N)=O)NC(=O)[C@@H](NC(=O)CCN8C(=O)C=CC8=O)C(C)C)CC7)cc(O)c6nc-5c4c3C2=O)NC(=O)/C(C)=C\C=C\[C@H](C)[C@H](O)[C@@H](C)[C@@H](O)[C@@H](C)[C@H](OC(C)=O)[C@@H]1C. The Morgan fingerprint density at radius 2 is 1.53 bits per heavy atom. The van der Waals surface area contributed by atoms with Gasteiger partial charge in [-0.2, -0.15) is 0 Å². The number of aliphatic hydroxyl groups is 2. The number of Topliss-reactive ketones (excluding diaryl/α,β-unsaturated/α-hetero) is 1. The number of amides is 9. The number of urea groups is 1. The predicted octanol–water partition coefficient (Wildman–Crippen LogP) is 5.32. The molecule has 29 nitrogen and oxygen atoms in total. The summed E-state index contributed by atoms with van der Waals surface area (Å²) in [5.74, 6) is -12.5. The molecule has 5 heterocycles. The number of benzene rings is 4. The topological polar surface area (TPSA) is 423 Å². The summed E-state index contributed by atoms with van der Waals surface area (Å²) in [4.78, 5) is 157. The van der Waals surface area contributed by atoms with E-state index >= 15 is 9.59 Å². The minimum atomic E-state index is -2.16. The monoisotopic (exact) mass is 1470 g/mol. The zero-order chi connectivity index (χ0) is 76.6. The van der Waals surface area contributed by atoms with Crippen molar-refractivity contribution >= 4 is 103 Å². The maximum Gasteiger partial charge on any atom is 0.312 e. The number of piperidine rings is 1. The predicted molar refractivity (Wildman–Crippen MR) is 390 cm³/mol. The maximum atomic E-state index is 15.3. The van der Waals surface area contributed by atoms with Gasteiger partial charge in [-0.05, 0) is 63.2 Å². The van der Waals surface area contributed by atoms with E-state index < -0.39 is 154 Å². The van der Waals surface area contributed by atoms with Gasteiger partial charge in [-0.1, -0.05) is 90.1 Å². The number of allylic oxidation sites excluding steroid dienone is 2. The van der Waals surface area contributed by atoms with Gasteiger partial charge in [0.2, 0.25) is 29.1 Å². The number of rotatable bonds is 20. The number of fused-ring (bicyclic) bond motifs is 2. The molecule has 12 atom stereocenters. The molecule has 3 aromatic carbocycles. The van der Waals surface area contributed by atoms with Crippen LogP contribution in [0.25, 0.3) is 31.6 Å². The van der Waals surface area contributed by atoms with Crippen molar-refractivity contribution in [3.63, 3.8) is 0 Å². The number of ether oxygens (including phenoxy) is 4. The van der Waals surface area contributed by atoms with Gasteiger partial charge < -0.3 is 81.9 Å².